The predicted molar refractivity (Wildman–Crippen MR) is 51.2 cm³/mol. The zero-order valence-corrected chi connectivity index (χ0v) is 8.97. The number of carboxylic acid groups (broad SMARTS) is 1. The van der Waals surface area contributed by atoms with E-state index in [2.05, 4.69) is 5.10 Å². The van der Waals surface area contributed by atoms with Crippen molar-refractivity contribution in [1.29, 1.82) is 0 Å². The van der Waals surface area contributed by atoms with E-state index in [4.69, 9.17) is 11.6 Å². The lowest BCUT2D eigenvalue weighted by Gasteiger charge is -2.02. The van der Waals surface area contributed by atoms with Gasteiger partial charge < -0.3 is 9.90 Å². The highest BCUT2D eigenvalue weighted by Crippen LogP contribution is 2.19. The molecule has 0 radical (unpaired) electrons. The lowest BCUT2D eigenvalue weighted by atomic mass is 10.3. The monoisotopic (exact) mass is 215 g/mol. The van der Waals surface area contributed by atoms with Gasteiger partial charge in [-0.1, -0.05) is 24.9 Å². The Morgan fingerprint density at radius 3 is 2.71 bits per heavy atom. The summed E-state index contributed by atoms with van der Waals surface area (Å²) in [5.41, 5.74) is 0.411. The molecular weight excluding hydrogens is 204 g/mol. The number of hydrogen-bond donors (Lipinski definition) is 0. The number of aryl methyl sites for hydroxylation is 2. The van der Waals surface area contributed by atoms with Crippen LogP contribution in [0.2, 0.25) is 5.15 Å². The Bertz CT molecular complexity index is 347. The van der Waals surface area contributed by atoms with Gasteiger partial charge in [-0.2, -0.15) is 5.10 Å². The normalized spacial score (nSPS) is 10.5. The number of hydrogen-bond acceptors (Lipinski definition) is 3. The highest BCUT2D eigenvalue weighted by molar-refractivity contribution is 6.32. The summed E-state index contributed by atoms with van der Waals surface area (Å²) in [7, 11) is 0. The molecule has 0 saturated carbocycles. The molecule has 1 heterocycles. The molecule has 4 nitrogen and oxygen atoms in total. The van der Waals surface area contributed by atoms with Crippen molar-refractivity contribution < 1.29 is 9.90 Å². The van der Waals surface area contributed by atoms with Crippen LogP contribution in [0, 0.1) is 6.92 Å². The van der Waals surface area contributed by atoms with Gasteiger partial charge in [-0.05, 0) is 13.3 Å². The molecule has 5 heteroatoms. The van der Waals surface area contributed by atoms with E-state index in [1.54, 1.807) is 6.92 Å². The number of halogens is 1. The molecule has 0 bridgehead atoms. The maximum atomic E-state index is 10.7. The van der Waals surface area contributed by atoms with Gasteiger partial charge in [0.2, 0.25) is 0 Å². The molecule has 0 fully saturated rings. The number of carbonyl (C=O) groups excluding carboxylic acids is 1. The summed E-state index contributed by atoms with van der Waals surface area (Å²) in [4.78, 5) is 10.7. The molecule has 0 atom stereocenters. The number of nitrogens with zero attached hydrogens (tertiary/aromatic N) is 2. The number of aromatic carboxylic acids is 1. The lowest BCUT2D eigenvalue weighted by Crippen LogP contribution is -2.23. The van der Waals surface area contributed by atoms with Crippen molar-refractivity contribution in [1.82, 2.24) is 9.78 Å². The third-order valence-electron chi connectivity index (χ3n) is 1.99. The van der Waals surface area contributed by atoms with E-state index in [0.717, 1.165) is 12.8 Å². The molecule has 1 rings (SSSR count). The van der Waals surface area contributed by atoms with Crippen molar-refractivity contribution in [2.45, 2.75) is 33.2 Å². The predicted octanol–water partition coefficient (Wildman–Crippen LogP) is 1.01. The maximum absolute atomic E-state index is 10.7. The Balaban J connectivity index is 2.98. The van der Waals surface area contributed by atoms with Crippen molar-refractivity contribution in [2.75, 3.05) is 0 Å². The first-order valence-corrected chi connectivity index (χ1v) is 4.90. The molecule has 0 amide bonds. The quantitative estimate of drug-likeness (QED) is 0.753. The molecule has 14 heavy (non-hydrogen) atoms. The Morgan fingerprint density at radius 1 is 1.64 bits per heavy atom. The smallest absolute Gasteiger partial charge is 0.136 e. The fraction of sp³-hybridized carbons (Fsp3) is 0.556. The van der Waals surface area contributed by atoms with Crippen molar-refractivity contribution in [3.8, 4) is 0 Å². The Labute approximate surface area is 87.5 Å². The molecule has 78 valence electrons. The summed E-state index contributed by atoms with van der Waals surface area (Å²) in [6.45, 7) is 4.30. The van der Waals surface area contributed by atoms with Gasteiger partial charge in [0.1, 0.15) is 5.15 Å². The highest BCUT2D eigenvalue weighted by atomic mass is 35.5. The largest absolute Gasteiger partial charge is 0.545 e. The first-order valence-electron chi connectivity index (χ1n) is 4.52. The summed E-state index contributed by atoms with van der Waals surface area (Å²) in [5, 5.41) is 14.9. The zero-order valence-electron chi connectivity index (χ0n) is 8.21. The first-order chi connectivity index (χ1) is 6.57. The summed E-state index contributed by atoms with van der Waals surface area (Å²) in [5.74, 6) is -1.27. The van der Waals surface area contributed by atoms with Crippen molar-refractivity contribution >= 4 is 17.6 Å². The van der Waals surface area contributed by atoms with Crippen molar-refractivity contribution in [3.63, 3.8) is 0 Å². The minimum absolute atomic E-state index is 0.00256. The van der Waals surface area contributed by atoms with Crippen molar-refractivity contribution in [3.05, 3.63) is 16.4 Å². The van der Waals surface area contributed by atoms with Crippen LogP contribution >= 0.6 is 11.6 Å². The van der Waals surface area contributed by atoms with Crippen LogP contribution in [-0.2, 0) is 6.54 Å². The van der Waals surface area contributed by atoms with Gasteiger partial charge >= 0.3 is 0 Å². The topological polar surface area (TPSA) is 58.0 Å². The van der Waals surface area contributed by atoms with Crippen LogP contribution in [0.25, 0.3) is 0 Å². The Hall–Kier alpha value is -1.03. The summed E-state index contributed by atoms with van der Waals surface area (Å²) >= 11 is 5.84. The second kappa shape index (κ2) is 4.46. The molecule has 1 aromatic heterocycles. The van der Waals surface area contributed by atoms with Crippen LogP contribution in [0.1, 0.15) is 35.8 Å². The number of carboxylic acids is 1. The first kappa shape index (κ1) is 11.0. The van der Waals surface area contributed by atoms with E-state index in [1.165, 1.54) is 4.68 Å². The molecule has 0 aliphatic rings. The Kier molecular flexibility index (Phi) is 3.52. The number of unbranched alkanes of at least 4 members (excludes halogenated alkanes) is 1. The summed E-state index contributed by atoms with van der Waals surface area (Å²) in [6, 6.07) is 0. The number of aromatic nitrogens is 2. The maximum Gasteiger partial charge on any atom is 0.136 e. The molecule has 0 spiro atoms. The second-order valence-electron chi connectivity index (χ2n) is 3.12. The van der Waals surface area contributed by atoms with E-state index in [-0.39, 0.29) is 10.7 Å². The standard InChI is InChI=1S/C9H13ClN2O2/c1-3-4-5-12-8(10)7(9(13)14)6(2)11-12/h3-5H2,1-2H3,(H,13,14)/p-1. The second-order valence-corrected chi connectivity index (χ2v) is 3.47. The van der Waals surface area contributed by atoms with Crippen LogP contribution in [0.4, 0.5) is 0 Å². The van der Waals surface area contributed by atoms with Crippen molar-refractivity contribution in [2.24, 2.45) is 0 Å². The molecule has 0 aliphatic carbocycles. The minimum Gasteiger partial charge on any atom is -0.545 e. The van der Waals surface area contributed by atoms with Crippen LogP contribution in [0.3, 0.4) is 0 Å². The number of carbonyl (C=O) groups is 1. The average Bonchev–Trinajstić information content (AvgIpc) is 2.38. The van der Waals surface area contributed by atoms with Crippen LogP contribution in [0.5, 0.6) is 0 Å². The van der Waals surface area contributed by atoms with E-state index in [1.807, 2.05) is 6.92 Å². The van der Waals surface area contributed by atoms with Gasteiger partial charge in [-0.15, -0.1) is 0 Å². The number of rotatable bonds is 4. The van der Waals surface area contributed by atoms with Gasteiger partial charge in [0, 0.05) is 6.54 Å². The van der Waals surface area contributed by atoms with E-state index in [0.29, 0.717) is 12.2 Å². The summed E-state index contributed by atoms with van der Waals surface area (Å²) in [6.07, 6.45) is 1.93. The molecule has 0 aromatic carbocycles. The fourth-order valence-electron chi connectivity index (χ4n) is 1.24. The van der Waals surface area contributed by atoms with Crippen LogP contribution < -0.4 is 5.11 Å². The third-order valence-corrected chi connectivity index (χ3v) is 2.38. The molecule has 0 saturated heterocycles. The minimum atomic E-state index is -1.27. The Morgan fingerprint density at radius 2 is 2.29 bits per heavy atom. The van der Waals surface area contributed by atoms with Gasteiger partial charge in [0.05, 0.1) is 17.2 Å². The molecule has 0 unspecified atom stereocenters. The van der Waals surface area contributed by atoms with Gasteiger partial charge in [-0.3, -0.25) is 4.68 Å². The van der Waals surface area contributed by atoms with Gasteiger partial charge in [0.25, 0.3) is 0 Å². The van der Waals surface area contributed by atoms with E-state index < -0.39 is 5.97 Å². The lowest BCUT2D eigenvalue weighted by molar-refractivity contribution is -0.255. The summed E-state index contributed by atoms with van der Waals surface area (Å²) < 4.78 is 1.51. The zero-order chi connectivity index (χ0) is 10.7. The van der Waals surface area contributed by atoms with Crippen LogP contribution in [-0.4, -0.2) is 15.7 Å². The van der Waals surface area contributed by atoms with Gasteiger partial charge in [-0.25, -0.2) is 0 Å². The average molecular weight is 216 g/mol. The SMILES string of the molecule is CCCCn1nc(C)c(C(=O)[O-])c1Cl. The van der Waals surface area contributed by atoms with E-state index in [9.17, 15) is 9.90 Å². The fourth-order valence-corrected chi connectivity index (χ4v) is 1.58. The molecule has 0 aliphatic heterocycles. The molecule has 0 N–H and O–H groups in total. The third kappa shape index (κ3) is 2.07. The van der Waals surface area contributed by atoms with E-state index >= 15 is 0 Å². The molecular formula is C9H12ClN2O2-. The molecule has 1 aromatic rings. The van der Waals surface area contributed by atoms with Gasteiger partial charge in [0.15, 0.2) is 0 Å². The highest BCUT2D eigenvalue weighted by Gasteiger charge is 2.13. The van der Waals surface area contributed by atoms with Crippen LogP contribution in [0.15, 0.2) is 0 Å².